The van der Waals surface area contributed by atoms with E-state index >= 15 is 0 Å². The van der Waals surface area contributed by atoms with Gasteiger partial charge in [-0.3, -0.25) is 9.59 Å². The van der Waals surface area contributed by atoms with E-state index in [4.69, 9.17) is 9.47 Å². The van der Waals surface area contributed by atoms with Crippen molar-refractivity contribution in [1.29, 1.82) is 0 Å². The van der Waals surface area contributed by atoms with Crippen LogP contribution in [-0.4, -0.2) is 42.5 Å². The fourth-order valence-corrected chi connectivity index (χ4v) is 5.04. The molecule has 6 nitrogen and oxygen atoms in total. The van der Waals surface area contributed by atoms with Crippen LogP contribution >= 0.6 is 0 Å². The van der Waals surface area contributed by atoms with Gasteiger partial charge in [-0.1, -0.05) is 73.0 Å². The SMILES string of the molecule is COc1ccc(OCCCC(=O)N(Cc2ccc(C)cc2)C(Cc2ccccc2)C(=O)NC2CCCC2)cc1. The van der Waals surface area contributed by atoms with Crippen LogP contribution in [0.3, 0.4) is 0 Å². The lowest BCUT2D eigenvalue weighted by atomic mass is 10.0. The molecule has 0 bridgehead atoms. The second-order valence-electron chi connectivity index (χ2n) is 10.3. The topological polar surface area (TPSA) is 67.9 Å². The Hall–Kier alpha value is -3.80. The number of hydrogen-bond donors (Lipinski definition) is 1. The van der Waals surface area contributed by atoms with Crippen molar-refractivity contribution in [1.82, 2.24) is 10.2 Å². The number of methoxy groups -OCH3 is 1. The lowest BCUT2D eigenvalue weighted by Gasteiger charge is -2.32. The van der Waals surface area contributed by atoms with E-state index < -0.39 is 6.04 Å². The van der Waals surface area contributed by atoms with Crippen LogP contribution in [-0.2, 0) is 22.6 Å². The maximum absolute atomic E-state index is 13.8. The minimum atomic E-state index is -0.593. The van der Waals surface area contributed by atoms with Crippen molar-refractivity contribution in [2.24, 2.45) is 0 Å². The quantitative estimate of drug-likeness (QED) is 0.282. The smallest absolute Gasteiger partial charge is 0.243 e. The Kier molecular flexibility index (Phi) is 10.4. The Morgan fingerprint density at radius 3 is 2.23 bits per heavy atom. The zero-order chi connectivity index (χ0) is 27.5. The van der Waals surface area contributed by atoms with Crippen molar-refractivity contribution >= 4 is 11.8 Å². The molecule has 4 rings (SSSR count). The molecule has 0 aromatic heterocycles. The van der Waals surface area contributed by atoms with Crippen molar-refractivity contribution in [2.75, 3.05) is 13.7 Å². The molecule has 0 aliphatic heterocycles. The van der Waals surface area contributed by atoms with Gasteiger partial charge in [-0.2, -0.15) is 0 Å². The first-order valence-electron chi connectivity index (χ1n) is 14.0. The second kappa shape index (κ2) is 14.4. The van der Waals surface area contributed by atoms with Crippen LogP contribution < -0.4 is 14.8 Å². The molecular weight excluding hydrogens is 488 g/mol. The van der Waals surface area contributed by atoms with Gasteiger partial charge in [0, 0.05) is 25.4 Å². The molecule has 3 aromatic carbocycles. The fraction of sp³-hybridized carbons (Fsp3) is 0.394. The van der Waals surface area contributed by atoms with Crippen molar-refractivity contribution in [3.05, 3.63) is 95.6 Å². The lowest BCUT2D eigenvalue weighted by Crippen LogP contribution is -2.52. The number of benzene rings is 3. The number of carbonyl (C=O) groups excluding carboxylic acids is 2. The summed E-state index contributed by atoms with van der Waals surface area (Å²) >= 11 is 0. The summed E-state index contributed by atoms with van der Waals surface area (Å²) in [5, 5.41) is 3.26. The number of aryl methyl sites for hydroxylation is 1. The van der Waals surface area contributed by atoms with E-state index in [1.807, 2.05) is 85.8 Å². The first-order chi connectivity index (χ1) is 19.0. The van der Waals surface area contributed by atoms with Gasteiger partial charge < -0.3 is 19.7 Å². The maximum Gasteiger partial charge on any atom is 0.243 e. The number of amides is 2. The number of hydrogen-bond acceptors (Lipinski definition) is 4. The molecule has 1 N–H and O–H groups in total. The van der Waals surface area contributed by atoms with Crippen LogP contribution in [0.1, 0.15) is 55.2 Å². The predicted molar refractivity (Wildman–Crippen MR) is 154 cm³/mol. The maximum atomic E-state index is 13.8. The summed E-state index contributed by atoms with van der Waals surface area (Å²) in [6, 6.07) is 25.1. The molecule has 39 heavy (non-hydrogen) atoms. The molecule has 0 heterocycles. The highest BCUT2D eigenvalue weighted by Crippen LogP contribution is 2.21. The molecule has 1 saturated carbocycles. The van der Waals surface area contributed by atoms with E-state index in [9.17, 15) is 9.59 Å². The third kappa shape index (κ3) is 8.60. The predicted octanol–water partition coefficient (Wildman–Crippen LogP) is 5.86. The Labute approximate surface area is 232 Å². The van der Waals surface area contributed by atoms with Gasteiger partial charge in [0.05, 0.1) is 13.7 Å². The third-order valence-corrected chi connectivity index (χ3v) is 7.31. The van der Waals surface area contributed by atoms with Crippen LogP contribution in [0.15, 0.2) is 78.9 Å². The summed E-state index contributed by atoms with van der Waals surface area (Å²) < 4.78 is 11.0. The van der Waals surface area contributed by atoms with Gasteiger partial charge in [-0.05, 0) is 61.6 Å². The van der Waals surface area contributed by atoms with Crippen molar-refractivity contribution in [3.63, 3.8) is 0 Å². The van der Waals surface area contributed by atoms with Crippen LogP contribution in [0, 0.1) is 6.92 Å². The molecule has 3 aromatic rings. The average molecular weight is 529 g/mol. The van der Waals surface area contributed by atoms with Crippen LogP contribution in [0.5, 0.6) is 11.5 Å². The normalized spacial score (nSPS) is 14.0. The Morgan fingerprint density at radius 2 is 1.56 bits per heavy atom. The molecule has 0 spiro atoms. The molecule has 0 radical (unpaired) electrons. The summed E-state index contributed by atoms with van der Waals surface area (Å²) in [5.41, 5.74) is 3.20. The van der Waals surface area contributed by atoms with Crippen molar-refractivity contribution < 1.29 is 19.1 Å². The van der Waals surface area contributed by atoms with Crippen LogP contribution in [0.2, 0.25) is 0 Å². The number of rotatable bonds is 13. The van der Waals surface area contributed by atoms with Crippen LogP contribution in [0.25, 0.3) is 0 Å². The molecule has 1 unspecified atom stereocenters. The monoisotopic (exact) mass is 528 g/mol. The molecule has 206 valence electrons. The second-order valence-corrected chi connectivity index (χ2v) is 10.3. The van der Waals surface area contributed by atoms with E-state index in [0.29, 0.717) is 32.4 Å². The van der Waals surface area contributed by atoms with E-state index in [-0.39, 0.29) is 17.9 Å². The van der Waals surface area contributed by atoms with Gasteiger partial charge in [0.1, 0.15) is 17.5 Å². The van der Waals surface area contributed by atoms with Gasteiger partial charge >= 0.3 is 0 Å². The lowest BCUT2D eigenvalue weighted by molar-refractivity contribution is -0.141. The molecule has 1 aliphatic carbocycles. The summed E-state index contributed by atoms with van der Waals surface area (Å²) in [6.45, 7) is 2.84. The highest BCUT2D eigenvalue weighted by molar-refractivity contribution is 5.88. The van der Waals surface area contributed by atoms with Crippen LogP contribution in [0.4, 0.5) is 0 Å². The largest absolute Gasteiger partial charge is 0.497 e. The van der Waals surface area contributed by atoms with Crippen molar-refractivity contribution in [3.8, 4) is 11.5 Å². The van der Waals surface area contributed by atoms with Gasteiger partial charge in [-0.15, -0.1) is 0 Å². The number of nitrogens with zero attached hydrogens (tertiary/aromatic N) is 1. The highest BCUT2D eigenvalue weighted by atomic mass is 16.5. The van der Waals surface area contributed by atoms with E-state index in [0.717, 1.165) is 53.9 Å². The molecule has 1 fully saturated rings. The molecule has 6 heteroatoms. The van der Waals surface area contributed by atoms with Gasteiger partial charge in [0.15, 0.2) is 0 Å². The summed E-state index contributed by atoms with van der Waals surface area (Å²) in [6.07, 6.45) is 5.58. The van der Waals surface area contributed by atoms with E-state index in [1.165, 1.54) is 0 Å². The third-order valence-electron chi connectivity index (χ3n) is 7.31. The Morgan fingerprint density at radius 1 is 0.897 bits per heavy atom. The zero-order valence-corrected chi connectivity index (χ0v) is 23.1. The van der Waals surface area contributed by atoms with Gasteiger partial charge in [0.2, 0.25) is 11.8 Å². The Bertz CT molecular complexity index is 1170. The number of nitrogens with one attached hydrogen (secondary N) is 1. The first-order valence-corrected chi connectivity index (χ1v) is 14.0. The van der Waals surface area contributed by atoms with Gasteiger partial charge in [-0.25, -0.2) is 0 Å². The minimum absolute atomic E-state index is 0.0450. The number of carbonyl (C=O) groups is 2. The molecular formula is C33H40N2O4. The summed E-state index contributed by atoms with van der Waals surface area (Å²) in [5.74, 6) is 1.39. The molecule has 0 saturated heterocycles. The first kappa shape index (κ1) is 28.2. The standard InChI is InChI=1S/C33H40N2O4/c1-25-14-16-27(17-15-25)24-35(32(36)13-8-22-39-30-20-18-29(38-2)19-21-30)31(23-26-9-4-3-5-10-26)33(37)34-28-11-6-7-12-28/h3-5,9-10,14-21,28,31H,6-8,11-13,22-24H2,1-2H3,(H,34,37). The molecule has 1 aliphatic rings. The van der Waals surface area contributed by atoms with E-state index in [1.54, 1.807) is 12.0 Å². The number of ether oxygens (including phenoxy) is 2. The van der Waals surface area contributed by atoms with Gasteiger partial charge in [0.25, 0.3) is 0 Å². The summed E-state index contributed by atoms with van der Waals surface area (Å²) in [4.78, 5) is 29.3. The fourth-order valence-electron chi connectivity index (χ4n) is 5.04. The highest BCUT2D eigenvalue weighted by Gasteiger charge is 2.32. The summed E-state index contributed by atoms with van der Waals surface area (Å²) in [7, 11) is 1.63. The van der Waals surface area contributed by atoms with E-state index in [2.05, 4.69) is 5.32 Å². The molecule has 1 atom stereocenters. The van der Waals surface area contributed by atoms with Crippen molar-refractivity contribution in [2.45, 2.75) is 70.5 Å². The zero-order valence-electron chi connectivity index (χ0n) is 23.1. The Balaban J connectivity index is 1.49. The minimum Gasteiger partial charge on any atom is -0.497 e. The molecule has 2 amide bonds. The average Bonchev–Trinajstić information content (AvgIpc) is 3.48.